The van der Waals surface area contributed by atoms with Gasteiger partial charge in [-0.15, -0.1) is 0 Å². The van der Waals surface area contributed by atoms with Crippen molar-refractivity contribution in [2.45, 2.75) is 11.8 Å². The highest BCUT2D eigenvalue weighted by Gasteiger charge is 2.20. The summed E-state index contributed by atoms with van der Waals surface area (Å²) in [5.41, 5.74) is 0.894. The first-order valence-corrected chi connectivity index (χ1v) is 9.07. The average molecular weight is 374 g/mol. The molecule has 3 aromatic rings. The number of carbonyl (C=O) groups excluding carboxylic acids is 1. The summed E-state index contributed by atoms with van der Waals surface area (Å²) in [7, 11) is -4.04. The number of benzene rings is 2. The highest BCUT2D eigenvalue weighted by molar-refractivity contribution is 7.92. The summed E-state index contributed by atoms with van der Waals surface area (Å²) in [5, 5.41) is 2.59. The van der Waals surface area contributed by atoms with Gasteiger partial charge in [-0.1, -0.05) is 18.2 Å². The molecule has 0 radical (unpaired) electrons. The summed E-state index contributed by atoms with van der Waals surface area (Å²) in [5.74, 6) is -1.12. The molecule has 0 unspecified atom stereocenters. The van der Waals surface area contributed by atoms with Gasteiger partial charge in [-0.25, -0.2) is 12.8 Å². The first-order valence-electron chi connectivity index (χ1n) is 7.58. The quantitative estimate of drug-likeness (QED) is 0.711. The molecular formula is C18H15FN2O4S. The van der Waals surface area contributed by atoms with Crippen LogP contribution in [0, 0.1) is 12.7 Å². The van der Waals surface area contributed by atoms with Crippen LogP contribution in [-0.4, -0.2) is 14.3 Å². The number of anilines is 2. The Balaban J connectivity index is 1.89. The Bertz CT molecular complexity index is 1050. The van der Waals surface area contributed by atoms with Crippen LogP contribution in [0.25, 0.3) is 0 Å². The number of carbonyl (C=O) groups is 1. The second-order valence-corrected chi connectivity index (χ2v) is 7.18. The Morgan fingerprint density at radius 1 is 1.12 bits per heavy atom. The molecule has 1 amide bonds. The van der Waals surface area contributed by atoms with E-state index in [4.69, 9.17) is 4.42 Å². The Kier molecular flexibility index (Phi) is 4.77. The molecule has 0 aliphatic rings. The lowest BCUT2D eigenvalue weighted by Gasteiger charge is -2.13. The molecule has 3 rings (SSSR count). The highest BCUT2D eigenvalue weighted by atomic mass is 32.2. The zero-order valence-electron chi connectivity index (χ0n) is 13.7. The van der Waals surface area contributed by atoms with Gasteiger partial charge in [0.25, 0.3) is 15.9 Å². The van der Waals surface area contributed by atoms with Crippen molar-refractivity contribution >= 4 is 27.3 Å². The maximum absolute atomic E-state index is 13.8. The van der Waals surface area contributed by atoms with Gasteiger partial charge in [0, 0.05) is 5.69 Å². The van der Waals surface area contributed by atoms with E-state index >= 15 is 0 Å². The molecule has 8 heteroatoms. The number of hydrogen-bond acceptors (Lipinski definition) is 4. The third-order valence-corrected chi connectivity index (χ3v) is 5.14. The number of para-hydroxylation sites is 1. The molecule has 1 heterocycles. The summed E-state index contributed by atoms with van der Waals surface area (Å²) < 4.78 is 46.1. The maximum atomic E-state index is 13.8. The van der Waals surface area contributed by atoms with E-state index in [1.165, 1.54) is 42.9 Å². The van der Waals surface area contributed by atoms with E-state index in [-0.39, 0.29) is 16.3 Å². The van der Waals surface area contributed by atoms with Crippen molar-refractivity contribution in [2.75, 3.05) is 10.0 Å². The van der Waals surface area contributed by atoms with Crippen LogP contribution < -0.4 is 10.0 Å². The predicted octanol–water partition coefficient (Wildman–Crippen LogP) is 3.78. The van der Waals surface area contributed by atoms with Gasteiger partial charge < -0.3 is 9.73 Å². The lowest BCUT2D eigenvalue weighted by atomic mass is 10.2. The van der Waals surface area contributed by atoms with Gasteiger partial charge >= 0.3 is 0 Å². The predicted molar refractivity (Wildman–Crippen MR) is 95.0 cm³/mol. The molecule has 0 spiro atoms. The molecule has 2 aromatic carbocycles. The minimum absolute atomic E-state index is 0.0641. The molecule has 2 N–H and O–H groups in total. The second kappa shape index (κ2) is 7.01. The third kappa shape index (κ3) is 3.75. The zero-order chi connectivity index (χ0) is 18.7. The number of furan rings is 1. The van der Waals surface area contributed by atoms with E-state index in [1.54, 1.807) is 19.1 Å². The van der Waals surface area contributed by atoms with E-state index in [0.29, 0.717) is 11.1 Å². The normalized spacial score (nSPS) is 11.2. The molecular weight excluding hydrogens is 359 g/mol. The van der Waals surface area contributed by atoms with Crippen molar-refractivity contribution in [3.05, 3.63) is 78.0 Å². The fraction of sp³-hybridized carbons (Fsp3) is 0.0556. The average Bonchev–Trinajstić information content (AvgIpc) is 3.13. The van der Waals surface area contributed by atoms with E-state index in [9.17, 15) is 17.6 Å². The minimum atomic E-state index is -4.04. The van der Waals surface area contributed by atoms with Crippen molar-refractivity contribution in [3.8, 4) is 0 Å². The van der Waals surface area contributed by atoms with Crippen LogP contribution in [0.4, 0.5) is 15.8 Å². The number of hydrogen-bond donors (Lipinski definition) is 2. The highest BCUT2D eigenvalue weighted by Crippen LogP contribution is 2.24. The largest absolute Gasteiger partial charge is 0.472 e. The fourth-order valence-electron chi connectivity index (χ4n) is 2.31. The fourth-order valence-corrected chi connectivity index (χ4v) is 3.65. The van der Waals surface area contributed by atoms with Crippen molar-refractivity contribution < 1.29 is 22.0 Å². The van der Waals surface area contributed by atoms with Crippen LogP contribution in [0.3, 0.4) is 0 Å². The van der Waals surface area contributed by atoms with E-state index in [1.807, 2.05) is 0 Å². The zero-order valence-corrected chi connectivity index (χ0v) is 14.5. The van der Waals surface area contributed by atoms with Crippen molar-refractivity contribution in [2.24, 2.45) is 0 Å². The molecule has 0 fully saturated rings. The second-order valence-electron chi connectivity index (χ2n) is 5.53. The molecule has 0 bridgehead atoms. The number of sulfonamides is 1. The number of amides is 1. The van der Waals surface area contributed by atoms with E-state index in [2.05, 4.69) is 10.0 Å². The smallest absolute Gasteiger partial charge is 0.262 e. The molecule has 0 aliphatic carbocycles. The van der Waals surface area contributed by atoms with Crippen LogP contribution in [0.5, 0.6) is 0 Å². The monoisotopic (exact) mass is 374 g/mol. The van der Waals surface area contributed by atoms with Gasteiger partial charge in [0.1, 0.15) is 12.1 Å². The SMILES string of the molecule is Cc1ccc(NC(=O)c2ccoc2)cc1S(=O)(=O)Nc1ccccc1F. The number of halogens is 1. The Hall–Kier alpha value is -3.13. The van der Waals surface area contributed by atoms with Gasteiger partial charge in [-0.3, -0.25) is 9.52 Å². The maximum Gasteiger partial charge on any atom is 0.262 e. The van der Waals surface area contributed by atoms with Crippen LogP contribution >= 0.6 is 0 Å². The number of rotatable bonds is 5. The Morgan fingerprint density at radius 3 is 2.58 bits per heavy atom. The van der Waals surface area contributed by atoms with E-state index in [0.717, 1.165) is 6.07 Å². The lowest BCUT2D eigenvalue weighted by Crippen LogP contribution is -2.16. The van der Waals surface area contributed by atoms with Crippen LogP contribution in [-0.2, 0) is 10.0 Å². The van der Waals surface area contributed by atoms with Crippen LogP contribution in [0.15, 0.2) is 70.4 Å². The first kappa shape index (κ1) is 17.7. The summed E-state index contributed by atoms with van der Waals surface area (Å²) >= 11 is 0. The number of aryl methyl sites for hydroxylation is 1. The van der Waals surface area contributed by atoms with Gasteiger partial charge in [-0.05, 0) is 42.8 Å². The van der Waals surface area contributed by atoms with Gasteiger partial charge in [0.05, 0.1) is 22.4 Å². The van der Waals surface area contributed by atoms with Crippen molar-refractivity contribution in [1.82, 2.24) is 0 Å². The first-order chi connectivity index (χ1) is 12.4. The summed E-state index contributed by atoms with van der Waals surface area (Å²) in [6.07, 6.45) is 2.64. The molecule has 0 aliphatic heterocycles. The molecule has 6 nitrogen and oxygen atoms in total. The lowest BCUT2D eigenvalue weighted by molar-refractivity contribution is 0.102. The summed E-state index contributed by atoms with van der Waals surface area (Å²) in [4.78, 5) is 12.0. The van der Waals surface area contributed by atoms with Crippen molar-refractivity contribution in [1.29, 1.82) is 0 Å². The molecule has 0 atom stereocenters. The Labute approximate surface area is 149 Å². The van der Waals surface area contributed by atoms with Gasteiger partial charge in [-0.2, -0.15) is 0 Å². The standard InChI is InChI=1S/C18H15FN2O4S/c1-12-6-7-14(20-18(22)13-8-9-25-11-13)10-17(12)26(23,24)21-16-5-3-2-4-15(16)19/h2-11,21H,1H3,(H,20,22). The minimum Gasteiger partial charge on any atom is -0.472 e. The van der Waals surface area contributed by atoms with E-state index < -0.39 is 21.7 Å². The third-order valence-electron chi connectivity index (χ3n) is 3.64. The summed E-state index contributed by atoms with van der Waals surface area (Å²) in [6.45, 7) is 1.61. The Morgan fingerprint density at radius 2 is 1.88 bits per heavy atom. The molecule has 26 heavy (non-hydrogen) atoms. The number of nitrogens with one attached hydrogen (secondary N) is 2. The van der Waals surface area contributed by atoms with Crippen LogP contribution in [0.1, 0.15) is 15.9 Å². The van der Waals surface area contributed by atoms with Crippen molar-refractivity contribution in [3.63, 3.8) is 0 Å². The van der Waals surface area contributed by atoms with Gasteiger partial charge in [0.15, 0.2) is 0 Å². The molecule has 1 aromatic heterocycles. The van der Waals surface area contributed by atoms with Crippen LogP contribution in [0.2, 0.25) is 0 Å². The van der Waals surface area contributed by atoms with Gasteiger partial charge in [0.2, 0.25) is 0 Å². The molecule has 134 valence electrons. The molecule has 0 saturated heterocycles. The molecule has 0 saturated carbocycles. The topological polar surface area (TPSA) is 88.4 Å². The summed E-state index contributed by atoms with van der Waals surface area (Å²) in [6, 6.07) is 11.4.